The molecule has 0 aliphatic carbocycles. The molecule has 0 aliphatic rings. The molecule has 0 atom stereocenters. The Hall–Kier alpha value is -3.12. The molecule has 0 bridgehead atoms. The lowest BCUT2D eigenvalue weighted by Crippen LogP contribution is -2.12. The summed E-state index contributed by atoms with van der Waals surface area (Å²) in [5, 5.41) is 5.75. The van der Waals surface area contributed by atoms with Crippen LogP contribution in [0.25, 0.3) is 0 Å². The second kappa shape index (κ2) is 8.51. The zero-order valence-corrected chi connectivity index (χ0v) is 15.3. The lowest BCUT2D eigenvalue weighted by molar-refractivity contribution is 0.102. The van der Waals surface area contributed by atoms with Gasteiger partial charge in [0, 0.05) is 23.1 Å². The predicted molar refractivity (Wildman–Crippen MR) is 104 cm³/mol. The number of halogens is 2. The fourth-order valence-electron chi connectivity index (χ4n) is 2.37. The lowest BCUT2D eigenvalue weighted by atomic mass is 10.2. The van der Waals surface area contributed by atoms with Gasteiger partial charge in [-0.15, -0.1) is 0 Å². The maximum atomic E-state index is 13.2. The van der Waals surface area contributed by atoms with Gasteiger partial charge in [0.25, 0.3) is 5.91 Å². The van der Waals surface area contributed by atoms with E-state index in [1.165, 1.54) is 24.4 Å². The first-order valence-electron chi connectivity index (χ1n) is 8.27. The van der Waals surface area contributed by atoms with Crippen LogP contribution >= 0.6 is 11.6 Å². The number of hydrogen-bond acceptors (Lipinski definition) is 4. The molecule has 0 spiro atoms. The molecule has 7 heteroatoms. The number of anilines is 3. The van der Waals surface area contributed by atoms with Crippen molar-refractivity contribution in [2.45, 2.75) is 6.92 Å². The molecule has 5 nitrogen and oxygen atoms in total. The van der Waals surface area contributed by atoms with Crippen LogP contribution in [-0.4, -0.2) is 17.5 Å². The normalized spacial score (nSPS) is 10.3. The van der Waals surface area contributed by atoms with Gasteiger partial charge in [-0.3, -0.25) is 4.79 Å². The Morgan fingerprint density at radius 2 is 1.85 bits per heavy atom. The third-order valence-electron chi connectivity index (χ3n) is 3.64. The number of pyridine rings is 1. The molecular formula is C20H17ClFN3O2. The average Bonchev–Trinajstić information content (AvgIpc) is 2.67. The highest BCUT2D eigenvalue weighted by atomic mass is 35.5. The summed E-state index contributed by atoms with van der Waals surface area (Å²) >= 11 is 5.73. The number of benzene rings is 2. The summed E-state index contributed by atoms with van der Waals surface area (Å²) in [6.45, 7) is 2.53. The highest BCUT2D eigenvalue weighted by Crippen LogP contribution is 2.22. The number of amides is 1. The average molecular weight is 386 g/mol. The van der Waals surface area contributed by atoms with Gasteiger partial charge in [0.05, 0.1) is 11.6 Å². The lowest BCUT2D eigenvalue weighted by Gasteiger charge is -2.09. The number of hydrogen-bond donors (Lipinski definition) is 2. The SMILES string of the molecule is CCOc1ccc(Nc2cc(C(=O)Nc3ccc(F)c(Cl)c3)ccn2)cc1. The van der Waals surface area contributed by atoms with Gasteiger partial charge in [0.2, 0.25) is 0 Å². The highest BCUT2D eigenvalue weighted by molar-refractivity contribution is 6.31. The summed E-state index contributed by atoms with van der Waals surface area (Å²) in [5.41, 5.74) is 1.62. The maximum absolute atomic E-state index is 13.2. The number of nitrogens with zero attached hydrogens (tertiary/aromatic N) is 1. The summed E-state index contributed by atoms with van der Waals surface area (Å²) in [5.74, 6) is 0.404. The third kappa shape index (κ3) is 4.95. The molecule has 1 amide bonds. The Morgan fingerprint density at radius 3 is 2.56 bits per heavy atom. The van der Waals surface area contributed by atoms with Crippen LogP contribution in [0.2, 0.25) is 5.02 Å². The largest absolute Gasteiger partial charge is 0.494 e. The zero-order chi connectivity index (χ0) is 19.2. The van der Waals surface area contributed by atoms with Crippen molar-refractivity contribution in [1.29, 1.82) is 0 Å². The van der Waals surface area contributed by atoms with E-state index in [0.29, 0.717) is 23.7 Å². The van der Waals surface area contributed by atoms with Crippen LogP contribution in [-0.2, 0) is 0 Å². The van der Waals surface area contributed by atoms with E-state index >= 15 is 0 Å². The van der Waals surface area contributed by atoms with Gasteiger partial charge in [-0.05, 0) is 61.5 Å². The van der Waals surface area contributed by atoms with Crippen molar-refractivity contribution in [1.82, 2.24) is 4.98 Å². The number of aromatic nitrogens is 1. The molecule has 1 heterocycles. The van der Waals surface area contributed by atoms with Crippen LogP contribution in [0.3, 0.4) is 0 Å². The second-order valence-corrected chi connectivity index (χ2v) is 6.00. The fourth-order valence-corrected chi connectivity index (χ4v) is 2.55. The van der Waals surface area contributed by atoms with Gasteiger partial charge in [-0.25, -0.2) is 9.37 Å². The van der Waals surface area contributed by atoms with Crippen molar-refractivity contribution in [3.63, 3.8) is 0 Å². The van der Waals surface area contributed by atoms with Crippen molar-refractivity contribution >= 4 is 34.7 Å². The fraction of sp³-hybridized carbons (Fsp3) is 0.100. The first kappa shape index (κ1) is 18.7. The molecule has 138 valence electrons. The van der Waals surface area contributed by atoms with Crippen LogP contribution in [0.15, 0.2) is 60.8 Å². The summed E-state index contributed by atoms with van der Waals surface area (Å²) in [7, 11) is 0. The Kier molecular flexibility index (Phi) is 5.88. The van der Waals surface area contributed by atoms with Crippen LogP contribution in [0.5, 0.6) is 5.75 Å². The minimum absolute atomic E-state index is 0.0552. The van der Waals surface area contributed by atoms with Crippen molar-refractivity contribution in [2.75, 3.05) is 17.2 Å². The van der Waals surface area contributed by atoms with Crippen LogP contribution in [0, 0.1) is 5.82 Å². The molecule has 3 rings (SSSR count). The summed E-state index contributed by atoms with van der Waals surface area (Å²) in [4.78, 5) is 16.6. The Bertz CT molecular complexity index is 948. The minimum atomic E-state index is -0.541. The zero-order valence-electron chi connectivity index (χ0n) is 14.5. The van der Waals surface area contributed by atoms with Crippen LogP contribution in [0.1, 0.15) is 17.3 Å². The number of rotatable bonds is 6. The second-order valence-electron chi connectivity index (χ2n) is 5.60. The van der Waals surface area contributed by atoms with Crippen molar-refractivity contribution in [2.24, 2.45) is 0 Å². The summed E-state index contributed by atoms with van der Waals surface area (Å²) in [6, 6.07) is 14.6. The molecule has 0 aliphatic heterocycles. The first-order chi connectivity index (χ1) is 13.0. The Morgan fingerprint density at radius 1 is 1.11 bits per heavy atom. The predicted octanol–water partition coefficient (Wildman–Crippen LogP) is 5.27. The van der Waals surface area contributed by atoms with Crippen molar-refractivity contribution < 1.29 is 13.9 Å². The highest BCUT2D eigenvalue weighted by Gasteiger charge is 2.09. The van der Waals surface area contributed by atoms with Gasteiger partial charge in [-0.1, -0.05) is 11.6 Å². The van der Waals surface area contributed by atoms with Crippen molar-refractivity contribution in [3.05, 3.63) is 77.2 Å². The Balaban J connectivity index is 1.70. The summed E-state index contributed by atoms with van der Waals surface area (Å²) < 4.78 is 18.6. The molecule has 27 heavy (non-hydrogen) atoms. The molecule has 2 N–H and O–H groups in total. The van der Waals surface area contributed by atoms with E-state index in [4.69, 9.17) is 16.3 Å². The third-order valence-corrected chi connectivity index (χ3v) is 3.93. The Labute approximate surface area is 161 Å². The van der Waals surface area contributed by atoms with E-state index in [1.807, 2.05) is 31.2 Å². The van der Waals surface area contributed by atoms with E-state index in [0.717, 1.165) is 11.4 Å². The van der Waals surface area contributed by atoms with E-state index < -0.39 is 5.82 Å². The van der Waals surface area contributed by atoms with Crippen LogP contribution in [0.4, 0.5) is 21.6 Å². The molecule has 0 saturated carbocycles. The topological polar surface area (TPSA) is 63.2 Å². The molecule has 3 aromatic rings. The number of carbonyl (C=O) groups is 1. The van der Waals surface area contributed by atoms with Crippen molar-refractivity contribution in [3.8, 4) is 5.75 Å². The van der Waals surface area contributed by atoms with E-state index in [1.54, 1.807) is 12.1 Å². The van der Waals surface area contributed by atoms with E-state index in [2.05, 4.69) is 15.6 Å². The molecule has 1 aromatic heterocycles. The van der Waals surface area contributed by atoms with Gasteiger partial charge in [0.1, 0.15) is 17.4 Å². The molecule has 0 saturated heterocycles. The smallest absolute Gasteiger partial charge is 0.255 e. The number of nitrogens with one attached hydrogen (secondary N) is 2. The van der Waals surface area contributed by atoms with Gasteiger partial charge < -0.3 is 15.4 Å². The molecular weight excluding hydrogens is 369 g/mol. The monoisotopic (exact) mass is 385 g/mol. The number of ether oxygens (including phenoxy) is 1. The first-order valence-corrected chi connectivity index (χ1v) is 8.65. The van der Waals surface area contributed by atoms with Gasteiger partial charge >= 0.3 is 0 Å². The van der Waals surface area contributed by atoms with Gasteiger partial charge in [0.15, 0.2) is 0 Å². The molecule has 0 radical (unpaired) electrons. The van der Waals surface area contributed by atoms with E-state index in [9.17, 15) is 9.18 Å². The quantitative estimate of drug-likeness (QED) is 0.606. The molecule has 0 unspecified atom stereocenters. The van der Waals surface area contributed by atoms with E-state index in [-0.39, 0.29) is 10.9 Å². The number of carbonyl (C=O) groups excluding carboxylic acids is 1. The molecule has 0 fully saturated rings. The maximum Gasteiger partial charge on any atom is 0.255 e. The minimum Gasteiger partial charge on any atom is -0.494 e. The molecule has 2 aromatic carbocycles. The van der Waals surface area contributed by atoms with Crippen LogP contribution < -0.4 is 15.4 Å². The summed E-state index contributed by atoms with van der Waals surface area (Å²) in [6.07, 6.45) is 1.53. The van der Waals surface area contributed by atoms with Gasteiger partial charge in [-0.2, -0.15) is 0 Å². The standard InChI is InChI=1S/C20H17ClFN3O2/c1-2-27-16-6-3-14(4-7-16)24-19-11-13(9-10-23-19)20(26)25-15-5-8-18(22)17(21)12-15/h3-12H,2H2,1H3,(H,23,24)(H,25,26).